The summed E-state index contributed by atoms with van der Waals surface area (Å²) < 4.78 is 0. The van der Waals surface area contributed by atoms with E-state index in [1.165, 1.54) is 4.90 Å². The topological polar surface area (TPSA) is 65.5 Å². The van der Waals surface area contributed by atoms with Crippen molar-refractivity contribution < 1.29 is 9.90 Å². The number of carbonyl (C=O) groups excluding carboxylic acids is 1. The maximum absolute atomic E-state index is 11.7. The molecule has 1 heterocycles. The molecular formula is C11H19N3O2S. The maximum Gasteiger partial charge on any atom is 0.317 e. The van der Waals surface area contributed by atoms with Crippen LogP contribution >= 0.6 is 11.3 Å². The first-order valence-corrected chi connectivity index (χ1v) is 6.31. The van der Waals surface area contributed by atoms with Crippen LogP contribution in [0.4, 0.5) is 4.79 Å². The predicted octanol–water partition coefficient (Wildman–Crippen LogP) is 1.28. The van der Waals surface area contributed by atoms with Crippen LogP contribution in [0.25, 0.3) is 0 Å². The molecule has 0 saturated carbocycles. The van der Waals surface area contributed by atoms with Gasteiger partial charge in [-0.15, -0.1) is 11.3 Å². The van der Waals surface area contributed by atoms with Crippen molar-refractivity contribution in [1.29, 1.82) is 0 Å². The quantitative estimate of drug-likeness (QED) is 0.854. The molecule has 1 rings (SSSR count). The molecule has 0 aliphatic carbocycles. The predicted molar refractivity (Wildman–Crippen MR) is 68.1 cm³/mol. The first-order chi connectivity index (χ1) is 7.95. The largest absolute Gasteiger partial charge is 0.394 e. The van der Waals surface area contributed by atoms with Crippen LogP contribution in [0.5, 0.6) is 0 Å². The van der Waals surface area contributed by atoms with Crippen molar-refractivity contribution in [1.82, 2.24) is 15.2 Å². The molecule has 1 unspecified atom stereocenters. The van der Waals surface area contributed by atoms with Gasteiger partial charge in [0.25, 0.3) is 0 Å². The van der Waals surface area contributed by atoms with E-state index < -0.39 is 0 Å². The van der Waals surface area contributed by atoms with E-state index in [1.807, 2.05) is 13.8 Å². The number of rotatable bonds is 4. The number of aryl methyl sites for hydroxylation is 2. The second-order valence-corrected chi connectivity index (χ2v) is 5.33. The van der Waals surface area contributed by atoms with E-state index in [1.54, 1.807) is 25.3 Å². The Morgan fingerprint density at radius 3 is 2.71 bits per heavy atom. The molecule has 0 fully saturated rings. The Bertz CT molecular complexity index is 392. The Balaban J connectivity index is 2.51. The van der Waals surface area contributed by atoms with Gasteiger partial charge in [0.1, 0.15) is 0 Å². The lowest BCUT2D eigenvalue weighted by Gasteiger charge is -2.23. The summed E-state index contributed by atoms with van der Waals surface area (Å²) in [6, 6.07) is -0.365. The molecule has 96 valence electrons. The van der Waals surface area contributed by atoms with E-state index in [0.29, 0.717) is 6.54 Å². The highest BCUT2D eigenvalue weighted by Crippen LogP contribution is 2.16. The Morgan fingerprint density at radius 2 is 2.24 bits per heavy atom. The van der Waals surface area contributed by atoms with Crippen molar-refractivity contribution in [2.24, 2.45) is 0 Å². The normalized spacial score (nSPS) is 12.3. The fourth-order valence-corrected chi connectivity index (χ4v) is 2.22. The highest BCUT2D eigenvalue weighted by Gasteiger charge is 2.15. The third-order valence-corrected chi connectivity index (χ3v) is 3.72. The lowest BCUT2D eigenvalue weighted by molar-refractivity contribution is 0.157. The number of carbonyl (C=O) groups is 1. The highest BCUT2D eigenvalue weighted by atomic mass is 32.1. The zero-order valence-electron chi connectivity index (χ0n) is 10.6. The van der Waals surface area contributed by atoms with E-state index in [2.05, 4.69) is 10.3 Å². The van der Waals surface area contributed by atoms with Gasteiger partial charge in [-0.2, -0.15) is 0 Å². The van der Waals surface area contributed by atoms with Gasteiger partial charge >= 0.3 is 6.03 Å². The standard InChI is InChI=1S/C11H19N3O2S/c1-7(6-15)14(4)11(16)12-5-10-8(2)13-9(3)17-10/h7,15H,5-6H2,1-4H3,(H,12,16). The molecule has 1 atom stereocenters. The minimum Gasteiger partial charge on any atom is -0.394 e. The molecule has 0 radical (unpaired) electrons. The summed E-state index contributed by atoms with van der Waals surface area (Å²) in [6.07, 6.45) is 0. The van der Waals surface area contributed by atoms with Crippen LogP contribution in [0.1, 0.15) is 22.5 Å². The minimum atomic E-state index is -0.183. The van der Waals surface area contributed by atoms with E-state index >= 15 is 0 Å². The van der Waals surface area contributed by atoms with Gasteiger partial charge in [-0.25, -0.2) is 9.78 Å². The summed E-state index contributed by atoms with van der Waals surface area (Å²) >= 11 is 1.59. The number of aromatic nitrogens is 1. The fourth-order valence-electron chi connectivity index (χ4n) is 1.34. The molecule has 0 bridgehead atoms. The number of hydrogen-bond donors (Lipinski definition) is 2. The summed E-state index contributed by atoms with van der Waals surface area (Å²) in [4.78, 5) is 18.6. The molecule has 6 heteroatoms. The van der Waals surface area contributed by atoms with Gasteiger partial charge in [0.2, 0.25) is 0 Å². The van der Waals surface area contributed by atoms with E-state index in [4.69, 9.17) is 5.11 Å². The molecule has 5 nitrogen and oxygen atoms in total. The molecule has 0 aliphatic heterocycles. The second kappa shape index (κ2) is 5.97. The lowest BCUT2D eigenvalue weighted by atomic mass is 10.3. The zero-order chi connectivity index (χ0) is 13.0. The van der Waals surface area contributed by atoms with Crippen LogP contribution < -0.4 is 5.32 Å². The fraction of sp³-hybridized carbons (Fsp3) is 0.636. The number of urea groups is 1. The molecule has 0 aliphatic rings. The molecule has 0 saturated heterocycles. The first kappa shape index (κ1) is 13.9. The van der Waals surface area contributed by atoms with Gasteiger partial charge in [-0.05, 0) is 20.8 Å². The number of likely N-dealkylation sites (N-methyl/N-ethyl adjacent to an activating group) is 1. The Labute approximate surface area is 105 Å². The Morgan fingerprint density at radius 1 is 1.59 bits per heavy atom. The molecule has 17 heavy (non-hydrogen) atoms. The van der Waals surface area contributed by atoms with Gasteiger partial charge in [-0.3, -0.25) is 0 Å². The van der Waals surface area contributed by atoms with E-state index in [-0.39, 0.29) is 18.7 Å². The summed E-state index contributed by atoms with van der Waals surface area (Å²) in [5.74, 6) is 0. The van der Waals surface area contributed by atoms with Crippen LogP contribution in [-0.4, -0.2) is 40.7 Å². The van der Waals surface area contributed by atoms with E-state index in [0.717, 1.165) is 15.6 Å². The zero-order valence-corrected chi connectivity index (χ0v) is 11.5. The van der Waals surface area contributed by atoms with Gasteiger partial charge in [0, 0.05) is 11.9 Å². The Kier molecular flexibility index (Phi) is 4.89. The highest BCUT2D eigenvalue weighted by molar-refractivity contribution is 7.11. The summed E-state index contributed by atoms with van der Waals surface area (Å²) in [7, 11) is 1.67. The number of nitrogens with one attached hydrogen (secondary N) is 1. The van der Waals surface area contributed by atoms with Gasteiger partial charge in [0.15, 0.2) is 0 Å². The van der Waals surface area contributed by atoms with Crippen molar-refractivity contribution in [3.05, 3.63) is 15.6 Å². The third kappa shape index (κ3) is 3.67. The molecular weight excluding hydrogens is 238 g/mol. The average Bonchev–Trinajstić information content (AvgIpc) is 2.62. The smallest absolute Gasteiger partial charge is 0.317 e. The first-order valence-electron chi connectivity index (χ1n) is 5.50. The molecule has 0 aromatic carbocycles. The lowest BCUT2D eigenvalue weighted by Crippen LogP contribution is -2.43. The summed E-state index contributed by atoms with van der Waals surface area (Å²) in [5, 5.41) is 12.8. The molecule has 2 N–H and O–H groups in total. The average molecular weight is 257 g/mol. The molecule has 0 spiro atoms. The number of hydrogen-bond acceptors (Lipinski definition) is 4. The third-order valence-electron chi connectivity index (χ3n) is 2.65. The number of aliphatic hydroxyl groups is 1. The molecule has 2 amide bonds. The van der Waals surface area contributed by atoms with Crippen molar-refractivity contribution in [3.63, 3.8) is 0 Å². The van der Waals surface area contributed by atoms with Crippen LogP contribution in [0.15, 0.2) is 0 Å². The van der Waals surface area contributed by atoms with Gasteiger partial charge in [-0.1, -0.05) is 0 Å². The van der Waals surface area contributed by atoms with Crippen molar-refractivity contribution in [2.45, 2.75) is 33.4 Å². The number of nitrogens with zero attached hydrogens (tertiary/aromatic N) is 2. The SMILES string of the molecule is Cc1nc(C)c(CNC(=O)N(C)C(C)CO)s1. The monoisotopic (exact) mass is 257 g/mol. The van der Waals surface area contributed by atoms with Crippen molar-refractivity contribution >= 4 is 17.4 Å². The molecule has 1 aromatic rings. The van der Waals surface area contributed by atoms with Gasteiger partial charge < -0.3 is 15.3 Å². The van der Waals surface area contributed by atoms with Crippen molar-refractivity contribution in [3.8, 4) is 0 Å². The van der Waals surface area contributed by atoms with Crippen molar-refractivity contribution in [2.75, 3.05) is 13.7 Å². The van der Waals surface area contributed by atoms with Crippen LogP contribution in [0.3, 0.4) is 0 Å². The van der Waals surface area contributed by atoms with Crippen LogP contribution in [0, 0.1) is 13.8 Å². The van der Waals surface area contributed by atoms with E-state index in [9.17, 15) is 4.79 Å². The summed E-state index contributed by atoms with van der Waals surface area (Å²) in [6.45, 7) is 6.12. The molecule has 1 aromatic heterocycles. The van der Waals surface area contributed by atoms with Gasteiger partial charge in [0.05, 0.1) is 29.9 Å². The maximum atomic E-state index is 11.7. The summed E-state index contributed by atoms with van der Waals surface area (Å²) in [5.41, 5.74) is 0.964. The number of thiazole rings is 1. The Hall–Kier alpha value is -1.14. The minimum absolute atomic E-state index is 0.0391. The van der Waals surface area contributed by atoms with Crippen LogP contribution in [0.2, 0.25) is 0 Å². The second-order valence-electron chi connectivity index (χ2n) is 4.04. The number of amides is 2. The number of aliphatic hydroxyl groups excluding tert-OH is 1. The van der Waals surface area contributed by atoms with Crippen LogP contribution in [-0.2, 0) is 6.54 Å².